The van der Waals surface area contributed by atoms with E-state index in [-0.39, 0.29) is 12.4 Å². The van der Waals surface area contributed by atoms with Gasteiger partial charge in [-0.2, -0.15) is 0 Å². The van der Waals surface area contributed by atoms with Crippen LogP contribution in [0.4, 0.5) is 0 Å². The molecular formula is C21H41ClN2O2. The van der Waals surface area contributed by atoms with E-state index >= 15 is 0 Å². The smallest absolute Gasteiger partial charge is 0.243 e. The van der Waals surface area contributed by atoms with E-state index in [1.165, 1.54) is 57.8 Å². The lowest BCUT2D eigenvalue weighted by Crippen LogP contribution is -3.00. The standard InChI is InChI=1S/C21H41N2O2.ClH/c1-3-5-6-7-8-9-10-11-12-13-17-25-19-21(24)18-23-16-15-22(20-23)14-4-2;/h15-16,20-21,24H,3-14,17-19H2,1-2H3;1H/q+1;/p-1. The fourth-order valence-electron chi connectivity index (χ4n) is 3.14. The molecule has 1 aromatic heterocycles. The first-order chi connectivity index (χ1) is 12.3. The van der Waals surface area contributed by atoms with Crippen LogP contribution in [-0.2, 0) is 17.8 Å². The molecule has 1 rings (SSSR count). The summed E-state index contributed by atoms with van der Waals surface area (Å²) in [4.78, 5) is 0. The molecule has 1 atom stereocenters. The number of rotatable bonds is 17. The van der Waals surface area contributed by atoms with Crippen molar-refractivity contribution in [3.63, 3.8) is 0 Å². The van der Waals surface area contributed by atoms with Crippen LogP contribution in [0.5, 0.6) is 0 Å². The van der Waals surface area contributed by atoms with E-state index in [0.717, 1.165) is 26.0 Å². The topological polar surface area (TPSA) is 38.3 Å². The summed E-state index contributed by atoms with van der Waals surface area (Å²) in [6.45, 7) is 7.27. The normalized spacial score (nSPS) is 12.1. The molecule has 5 heteroatoms. The Morgan fingerprint density at radius 3 is 2.15 bits per heavy atom. The number of aryl methyl sites for hydroxylation is 1. The zero-order chi connectivity index (χ0) is 18.2. The molecule has 1 N–H and O–H groups in total. The number of unbranched alkanes of at least 4 members (excludes halogenated alkanes) is 9. The minimum Gasteiger partial charge on any atom is -1.00 e. The Bertz CT molecular complexity index is 412. The van der Waals surface area contributed by atoms with E-state index in [2.05, 4.69) is 30.9 Å². The summed E-state index contributed by atoms with van der Waals surface area (Å²) >= 11 is 0. The van der Waals surface area contributed by atoms with Crippen LogP contribution in [0.15, 0.2) is 18.7 Å². The van der Waals surface area contributed by atoms with Crippen molar-refractivity contribution in [1.29, 1.82) is 0 Å². The zero-order valence-electron chi connectivity index (χ0n) is 17.0. The molecule has 0 saturated carbocycles. The van der Waals surface area contributed by atoms with Gasteiger partial charge in [0.2, 0.25) is 6.33 Å². The molecule has 0 aliphatic carbocycles. The first-order valence-corrected chi connectivity index (χ1v) is 10.6. The lowest BCUT2D eigenvalue weighted by atomic mass is 10.1. The van der Waals surface area contributed by atoms with Crippen LogP contribution < -0.4 is 17.0 Å². The maximum Gasteiger partial charge on any atom is 0.243 e. The second-order valence-electron chi connectivity index (χ2n) is 7.26. The predicted octanol–water partition coefficient (Wildman–Crippen LogP) is 1.49. The Labute approximate surface area is 167 Å². The Morgan fingerprint density at radius 1 is 0.923 bits per heavy atom. The molecule has 1 unspecified atom stereocenters. The van der Waals surface area contributed by atoms with Crippen molar-refractivity contribution < 1.29 is 26.8 Å². The third-order valence-electron chi connectivity index (χ3n) is 4.60. The molecule has 154 valence electrons. The number of imidazole rings is 1. The van der Waals surface area contributed by atoms with Crippen molar-refractivity contribution in [2.24, 2.45) is 0 Å². The van der Waals surface area contributed by atoms with Gasteiger partial charge in [0.15, 0.2) is 0 Å². The Hall–Kier alpha value is -0.580. The molecular weight excluding hydrogens is 348 g/mol. The number of nitrogens with zero attached hydrogens (tertiary/aromatic N) is 2. The van der Waals surface area contributed by atoms with Gasteiger partial charge >= 0.3 is 0 Å². The number of hydrogen-bond donors (Lipinski definition) is 1. The number of halogens is 1. The van der Waals surface area contributed by atoms with Crippen LogP contribution >= 0.6 is 0 Å². The molecule has 4 nitrogen and oxygen atoms in total. The highest BCUT2D eigenvalue weighted by Crippen LogP contribution is 2.10. The zero-order valence-corrected chi connectivity index (χ0v) is 17.8. The maximum atomic E-state index is 10.0. The quantitative estimate of drug-likeness (QED) is 0.324. The minimum absolute atomic E-state index is 0. The molecule has 0 aromatic carbocycles. The van der Waals surface area contributed by atoms with Gasteiger partial charge in [-0.1, -0.05) is 71.6 Å². The van der Waals surface area contributed by atoms with Crippen LogP contribution in [0.25, 0.3) is 0 Å². The van der Waals surface area contributed by atoms with E-state index in [0.29, 0.717) is 13.2 Å². The summed E-state index contributed by atoms with van der Waals surface area (Å²) < 4.78 is 9.81. The summed E-state index contributed by atoms with van der Waals surface area (Å²) in [6, 6.07) is 0. The van der Waals surface area contributed by atoms with Gasteiger partial charge in [0.1, 0.15) is 25.0 Å². The fraction of sp³-hybridized carbons (Fsp3) is 0.857. The predicted molar refractivity (Wildman–Crippen MR) is 104 cm³/mol. The molecule has 0 aliphatic rings. The first-order valence-electron chi connectivity index (χ1n) is 10.6. The Morgan fingerprint density at radius 2 is 1.54 bits per heavy atom. The van der Waals surface area contributed by atoms with Gasteiger partial charge in [0, 0.05) is 6.61 Å². The molecule has 0 amide bonds. The molecule has 0 saturated heterocycles. The van der Waals surface area contributed by atoms with Crippen LogP contribution in [0.3, 0.4) is 0 Å². The molecule has 1 aromatic rings. The van der Waals surface area contributed by atoms with Crippen LogP contribution in [0.2, 0.25) is 0 Å². The molecule has 1 heterocycles. The first kappa shape index (κ1) is 25.4. The highest BCUT2D eigenvalue weighted by molar-refractivity contribution is 4.66. The van der Waals surface area contributed by atoms with Crippen LogP contribution in [-0.4, -0.2) is 29.0 Å². The monoisotopic (exact) mass is 388 g/mol. The third-order valence-corrected chi connectivity index (χ3v) is 4.60. The van der Waals surface area contributed by atoms with Crippen molar-refractivity contribution in [1.82, 2.24) is 4.57 Å². The average molecular weight is 389 g/mol. The van der Waals surface area contributed by atoms with E-state index in [1.54, 1.807) is 0 Å². The van der Waals surface area contributed by atoms with E-state index in [9.17, 15) is 5.11 Å². The number of aliphatic hydroxyl groups is 1. The van der Waals surface area contributed by atoms with E-state index in [4.69, 9.17) is 4.74 Å². The van der Waals surface area contributed by atoms with Crippen LogP contribution in [0, 0.1) is 0 Å². The Balaban J connectivity index is 0.00000625. The second kappa shape index (κ2) is 17.8. The molecule has 0 aliphatic heterocycles. The number of ether oxygens (including phenoxy) is 1. The van der Waals surface area contributed by atoms with Crippen LogP contribution in [0.1, 0.15) is 84.5 Å². The van der Waals surface area contributed by atoms with E-state index < -0.39 is 6.10 Å². The molecule has 0 bridgehead atoms. The fourth-order valence-corrected chi connectivity index (χ4v) is 3.14. The van der Waals surface area contributed by atoms with Gasteiger partial charge in [-0.05, 0) is 12.8 Å². The molecule has 26 heavy (non-hydrogen) atoms. The van der Waals surface area contributed by atoms with Crippen molar-refractivity contribution in [2.45, 2.75) is 104 Å². The van der Waals surface area contributed by atoms with Gasteiger partial charge in [-0.15, -0.1) is 0 Å². The van der Waals surface area contributed by atoms with Crippen molar-refractivity contribution >= 4 is 0 Å². The largest absolute Gasteiger partial charge is 1.00 e. The Kier molecular flexibility index (Phi) is 17.4. The minimum atomic E-state index is -0.425. The summed E-state index contributed by atoms with van der Waals surface area (Å²) in [5.74, 6) is 0. The third kappa shape index (κ3) is 13.6. The summed E-state index contributed by atoms with van der Waals surface area (Å²) in [5, 5.41) is 10.0. The SMILES string of the molecule is CCCCCCCCCCCCOCC(O)C[n+]1ccn(CCC)c1.[Cl-]. The van der Waals surface area contributed by atoms with Crippen molar-refractivity contribution in [3.8, 4) is 0 Å². The van der Waals surface area contributed by atoms with Crippen molar-refractivity contribution in [3.05, 3.63) is 18.7 Å². The summed E-state index contributed by atoms with van der Waals surface area (Å²) in [7, 11) is 0. The molecule has 0 radical (unpaired) electrons. The number of aromatic nitrogens is 2. The van der Waals surface area contributed by atoms with E-state index in [1.807, 2.05) is 10.8 Å². The molecule has 0 spiro atoms. The maximum absolute atomic E-state index is 10.0. The second-order valence-corrected chi connectivity index (χ2v) is 7.26. The molecule has 0 fully saturated rings. The van der Waals surface area contributed by atoms with Gasteiger partial charge < -0.3 is 22.3 Å². The summed E-state index contributed by atoms with van der Waals surface area (Å²) in [6.07, 6.45) is 20.2. The number of hydrogen-bond acceptors (Lipinski definition) is 2. The van der Waals surface area contributed by atoms with Gasteiger partial charge in [-0.25, -0.2) is 9.13 Å². The van der Waals surface area contributed by atoms with Crippen molar-refractivity contribution in [2.75, 3.05) is 13.2 Å². The average Bonchev–Trinajstić information content (AvgIpc) is 3.03. The van der Waals surface area contributed by atoms with Gasteiger partial charge in [0.25, 0.3) is 0 Å². The highest BCUT2D eigenvalue weighted by Gasteiger charge is 2.10. The highest BCUT2D eigenvalue weighted by atomic mass is 35.5. The van der Waals surface area contributed by atoms with Gasteiger partial charge in [-0.3, -0.25) is 0 Å². The number of aliphatic hydroxyl groups excluding tert-OH is 1. The van der Waals surface area contributed by atoms with Gasteiger partial charge in [0.05, 0.1) is 13.2 Å². The lowest BCUT2D eigenvalue weighted by Gasteiger charge is -2.09. The summed E-state index contributed by atoms with van der Waals surface area (Å²) in [5.41, 5.74) is 0. The lowest BCUT2D eigenvalue weighted by molar-refractivity contribution is -0.703.